The third-order valence-corrected chi connectivity index (χ3v) is 3.95. The van der Waals surface area contributed by atoms with Crippen LogP contribution in [0.25, 0.3) is 0 Å². The molecular formula is C16H19N3O3. The number of likely N-dealkylation sites (tertiary alicyclic amines) is 1. The molecule has 0 bridgehead atoms. The van der Waals surface area contributed by atoms with E-state index < -0.39 is 12.0 Å². The maximum atomic E-state index is 11.3. The number of aromatic nitrogens is 2. The molecule has 1 aromatic carbocycles. The number of carboxylic acids is 1. The van der Waals surface area contributed by atoms with Crippen molar-refractivity contribution in [3.63, 3.8) is 0 Å². The van der Waals surface area contributed by atoms with Gasteiger partial charge < -0.3 is 9.63 Å². The number of carbonyl (C=O) groups is 1. The zero-order valence-electron chi connectivity index (χ0n) is 12.3. The molecule has 0 radical (unpaired) electrons. The number of hydrogen-bond acceptors (Lipinski definition) is 5. The van der Waals surface area contributed by atoms with Gasteiger partial charge in [0, 0.05) is 6.42 Å². The molecule has 1 aliphatic heterocycles. The predicted molar refractivity (Wildman–Crippen MR) is 79.2 cm³/mol. The number of aliphatic carboxylic acids is 1. The molecule has 3 rings (SSSR count). The van der Waals surface area contributed by atoms with Crippen molar-refractivity contribution in [2.75, 3.05) is 6.54 Å². The second-order valence-electron chi connectivity index (χ2n) is 5.59. The fourth-order valence-corrected chi connectivity index (χ4v) is 2.84. The Morgan fingerprint density at radius 1 is 1.32 bits per heavy atom. The molecular weight excluding hydrogens is 282 g/mol. The summed E-state index contributed by atoms with van der Waals surface area (Å²) >= 11 is 0. The van der Waals surface area contributed by atoms with Gasteiger partial charge in [-0.2, -0.15) is 4.98 Å². The van der Waals surface area contributed by atoms with Crippen molar-refractivity contribution in [3.05, 3.63) is 47.6 Å². The average Bonchev–Trinajstić information content (AvgIpc) is 2.96. The summed E-state index contributed by atoms with van der Waals surface area (Å²) in [5.74, 6) is 0.341. The maximum Gasteiger partial charge on any atom is 0.320 e. The lowest BCUT2D eigenvalue weighted by Crippen LogP contribution is -2.44. The van der Waals surface area contributed by atoms with Crippen LogP contribution in [0.5, 0.6) is 0 Å². The highest BCUT2D eigenvalue weighted by molar-refractivity contribution is 5.73. The molecule has 6 nitrogen and oxygen atoms in total. The number of benzene rings is 1. The van der Waals surface area contributed by atoms with Gasteiger partial charge in [0.1, 0.15) is 6.04 Å². The largest absolute Gasteiger partial charge is 0.480 e. The van der Waals surface area contributed by atoms with Crippen molar-refractivity contribution in [1.29, 1.82) is 0 Å². The van der Waals surface area contributed by atoms with Gasteiger partial charge in [0.15, 0.2) is 5.82 Å². The highest BCUT2D eigenvalue weighted by Crippen LogP contribution is 2.19. The third kappa shape index (κ3) is 3.51. The summed E-state index contributed by atoms with van der Waals surface area (Å²) < 4.78 is 5.27. The predicted octanol–water partition coefficient (Wildman–Crippen LogP) is 2.10. The first kappa shape index (κ1) is 14.7. The molecule has 2 heterocycles. The fraction of sp³-hybridized carbons (Fsp3) is 0.438. The summed E-state index contributed by atoms with van der Waals surface area (Å²) in [5, 5.41) is 13.3. The molecule has 116 valence electrons. The molecule has 1 saturated heterocycles. The Kier molecular flexibility index (Phi) is 4.48. The first-order valence-corrected chi connectivity index (χ1v) is 7.54. The molecule has 2 aromatic rings. The summed E-state index contributed by atoms with van der Waals surface area (Å²) in [6.07, 6.45) is 3.26. The average molecular weight is 301 g/mol. The lowest BCUT2D eigenvalue weighted by molar-refractivity contribution is -0.145. The van der Waals surface area contributed by atoms with Crippen LogP contribution in [-0.4, -0.2) is 38.7 Å². The van der Waals surface area contributed by atoms with E-state index in [0.29, 0.717) is 31.1 Å². The highest BCUT2D eigenvalue weighted by atomic mass is 16.5. The summed E-state index contributed by atoms with van der Waals surface area (Å²) in [6, 6.07) is 9.50. The van der Waals surface area contributed by atoms with Crippen LogP contribution in [0.1, 0.15) is 36.5 Å². The van der Waals surface area contributed by atoms with E-state index in [-0.39, 0.29) is 0 Å². The molecule has 1 aliphatic rings. The van der Waals surface area contributed by atoms with Crippen molar-refractivity contribution in [2.45, 2.75) is 38.3 Å². The van der Waals surface area contributed by atoms with Crippen LogP contribution in [0.15, 0.2) is 34.9 Å². The Morgan fingerprint density at radius 2 is 2.14 bits per heavy atom. The SMILES string of the molecule is O=C(O)C1CCCCN1Cc1nc(Cc2ccccc2)no1. The molecule has 22 heavy (non-hydrogen) atoms. The minimum absolute atomic E-state index is 0.402. The van der Waals surface area contributed by atoms with Crippen LogP contribution in [0.4, 0.5) is 0 Å². The van der Waals surface area contributed by atoms with Crippen molar-refractivity contribution >= 4 is 5.97 Å². The van der Waals surface area contributed by atoms with E-state index in [2.05, 4.69) is 10.1 Å². The summed E-state index contributed by atoms with van der Waals surface area (Å²) in [7, 11) is 0. The van der Waals surface area contributed by atoms with Crippen LogP contribution >= 0.6 is 0 Å². The minimum Gasteiger partial charge on any atom is -0.480 e. The number of rotatable bonds is 5. The standard InChI is InChI=1S/C16H19N3O3/c20-16(21)13-8-4-5-9-19(13)11-15-17-14(18-22-15)10-12-6-2-1-3-7-12/h1-3,6-7,13H,4-5,8-11H2,(H,20,21). The normalized spacial score (nSPS) is 19.2. The van der Waals surface area contributed by atoms with Gasteiger partial charge in [0.05, 0.1) is 6.54 Å². The van der Waals surface area contributed by atoms with Crippen LogP contribution in [-0.2, 0) is 17.8 Å². The van der Waals surface area contributed by atoms with Crippen molar-refractivity contribution in [2.24, 2.45) is 0 Å². The number of carboxylic acid groups (broad SMARTS) is 1. The monoisotopic (exact) mass is 301 g/mol. The summed E-state index contributed by atoms with van der Waals surface area (Å²) in [5.41, 5.74) is 1.12. The Morgan fingerprint density at radius 3 is 2.91 bits per heavy atom. The van der Waals surface area contributed by atoms with E-state index >= 15 is 0 Å². The fourth-order valence-electron chi connectivity index (χ4n) is 2.84. The Balaban J connectivity index is 1.65. The minimum atomic E-state index is -0.774. The van der Waals surface area contributed by atoms with E-state index in [1.807, 2.05) is 35.2 Å². The van der Waals surface area contributed by atoms with Crippen LogP contribution in [0.3, 0.4) is 0 Å². The quantitative estimate of drug-likeness (QED) is 0.911. The van der Waals surface area contributed by atoms with Gasteiger partial charge in [0.2, 0.25) is 5.89 Å². The zero-order chi connectivity index (χ0) is 15.4. The molecule has 0 amide bonds. The highest BCUT2D eigenvalue weighted by Gasteiger charge is 2.29. The third-order valence-electron chi connectivity index (χ3n) is 3.95. The molecule has 1 atom stereocenters. The van der Waals surface area contributed by atoms with Gasteiger partial charge >= 0.3 is 5.97 Å². The Bertz CT molecular complexity index is 627. The summed E-state index contributed by atoms with van der Waals surface area (Å²) in [6.45, 7) is 1.16. The van der Waals surface area contributed by atoms with E-state index in [4.69, 9.17) is 4.52 Å². The Labute approximate surface area is 128 Å². The first-order chi connectivity index (χ1) is 10.7. The van der Waals surface area contributed by atoms with E-state index in [9.17, 15) is 9.90 Å². The van der Waals surface area contributed by atoms with Crippen LogP contribution < -0.4 is 0 Å². The number of nitrogens with zero attached hydrogens (tertiary/aromatic N) is 3. The molecule has 0 aliphatic carbocycles. The van der Waals surface area contributed by atoms with Crippen molar-refractivity contribution in [1.82, 2.24) is 15.0 Å². The lowest BCUT2D eigenvalue weighted by atomic mass is 10.0. The first-order valence-electron chi connectivity index (χ1n) is 7.54. The number of hydrogen-bond donors (Lipinski definition) is 1. The van der Waals surface area contributed by atoms with E-state index in [1.54, 1.807) is 0 Å². The molecule has 1 N–H and O–H groups in total. The maximum absolute atomic E-state index is 11.3. The molecule has 0 spiro atoms. The van der Waals surface area contributed by atoms with Gasteiger partial charge in [-0.3, -0.25) is 9.69 Å². The van der Waals surface area contributed by atoms with Gasteiger partial charge in [-0.05, 0) is 24.9 Å². The topological polar surface area (TPSA) is 79.5 Å². The second kappa shape index (κ2) is 6.70. The lowest BCUT2D eigenvalue weighted by Gasteiger charge is -2.31. The zero-order valence-corrected chi connectivity index (χ0v) is 12.3. The van der Waals surface area contributed by atoms with E-state index in [1.165, 1.54) is 0 Å². The van der Waals surface area contributed by atoms with Gasteiger partial charge in [-0.25, -0.2) is 0 Å². The summed E-state index contributed by atoms with van der Waals surface area (Å²) in [4.78, 5) is 17.6. The number of piperidine rings is 1. The molecule has 6 heteroatoms. The molecule has 1 unspecified atom stereocenters. The smallest absolute Gasteiger partial charge is 0.320 e. The van der Waals surface area contributed by atoms with Crippen molar-refractivity contribution in [3.8, 4) is 0 Å². The van der Waals surface area contributed by atoms with E-state index in [0.717, 1.165) is 24.9 Å². The van der Waals surface area contributed by atoms with Gasteiger partial charge in [-0.15, -0.1) is 0 Å². The molecule has 1 fully saturated rings. The molecule has 0 saturated carbocycles. The van der Waals surface area contributed by atoms with Crippen LogP contribution in [0, 0.1) is 0 Å². The van der Waals surface area contributed by atoms with Gasteiger partial charge in [0.25, 0.3) is 0 Å². The van der Waals surface area contributed by atoms with Gasteiger partial charge in [-0.1, -0.05) is 41.9 Å². The Hall–Kier alpha value is -2.21. The van der Waals surface area contributed by atoms with Crippen LogP contribution in [0.2, 0.25) is 0 Å². The van der Waals surface area contributed by atoms with Crippen molar-refractivity contribution < 1.29 is 14.4 Å². The second-order valence-corrected chi connectivity index (χ2v) is 5.59. The molecule has 1 aromatic heterocycles.